The molecule has 0 unspecified atom stereocenters. The Balaban J connectivity index is 1.96. The van der Waals surface area contributed by atoms with Crippen LogP contribution in [0.2, 0.25) is 0 Å². The number of rotatable bonds is 7. The standard InChI is InChI=1S/C16H25N3O4S/c1-13-14(16(20)23-2)5-3-6-15(13)24(21,22)18-7-4-10-19-11-8-17-9-12-19/h3,5-6,17-18H,4,7-12H2,1-2H3. The summed E-state index contributed by atoms with van der Waals surface area (Å²) in [6.45, 7) is 6.79. The van der Waals surface area contributed by atoms with E-state index in [0.717, 1.165) is 39.1 Å². The molecule has 0 aromatic heterocycles. The third-order valence-corrected chi connectivity index (χ3v) is 5.74. The minimum atomic E-state index is -3.65. The molecular formula is C16H25N3O4S. The molecule has 0 amide bonds. The first-order valence-electron chi connectivity index (χ1n) is 8.06. The largest absolute Gasteiger partial charge is 0.465 e. The highest BCUT2D eigenvalue weighted by molar-refractivity contribution is 7.89. The van der Waals surface area contributed by atoms with Crippen molar-refractivity contribution < 1.29 is 17.9 Å². The van der Waals surface area contributed by atoms with Crippen LogP contribution in [0.15, 0.2) is 23.1 Å². The van der Waals surface area contributed by atoms with E-state index < -0.39 is 16.0 Å². The first-order valence-corrected chi connectivity index (χ1v) is 9.54. The summed E-state index contributed by atoms with van der Waals surface area (Å²) in [6.07, 6.45) is 0.745. The number of carbonyl (C=O) groups is 1. The molecule has 2 N–H and O–H groups in total. The summed E-state index contributed by atoms with van der Waals surface area (Å²) in [6, 6.07) is 4.61. The molecule has 0 aliphatic carbocycles. The minimum Gasteiger partial charge on any atom is -0.465 e. The lowest BCUT2D eigenvalue weighted by atomic mass is 10.1. The number of nitrogens with one attached hydrogen (secondary N) is 2. The smallest absolute Gasteiger partial charge is 0.338 e. The highest BCUT2D eigenvalue weighted by Gasteiger charge is 2.21. The Morgan fingerprint density at radius 2 is 2.04 bits per heavy atom. The third kappa shape index (κ3) is 4.76. The lowest BCUT2D eigenvalue weighted by Gasteiger charge is -2.27. The van der Waals surface area contributed by atoms with Crippen molar-refractivity contribution in [1.82, 2.24) is 14.9 Å². The maximum absolute atomic E-state index is 12.5. The normalized spacial score (nSPS) is 16.1. The van der Waals surface area contributed by atoms with Crippen molar-refractivity contribution in [2.45, 2.75) is 18.2 Å². The van der Waals surface area contributed by atoms with Crippen LogP contribution < -0.4 is 10.0 Å². The van der Waals surface area contributed by atoms with Gasteiger partial charge in [-0.3, -0.25) is 0 Å². The molecule has 1 saturated heterocycles. The maximum atomic E-state index is 12.5. The second kappa shape index (κ2) is 8.57. The highest BCUT2D eigenvalue weighted by Crippen LogP contribution is 2.19. The third-order valence-electron chi connectivity index (χ3n) is 4.13. The van der Waals surface area contributed by atoms with Crippen LogP contribution in [-0.2, 0) is 14.8 Å². The number of piperazine rings is 1. The fraction of sp³-hybridized carbons (Fsp3) is 0.562. The predicted octanol–water partition coefficient (Wildman–Crippen LogP) is 0.355. The number of methoxy groups -OCH3 is 1. The average molecular weight is 355 g/mol. The molecule has 1 fully saturated rings. The molecule has 134 valence electrons. The van der Waals surface area contributed by atoms with E-state index in [9.17, 15) is 13.2 Å². The predicted molar refractivity (Wildman–Crippen MR) is 91.6 cm³/mol. The van der Waals surface area contributed by atoms with Crippen molar-refractivity contribution >= 4 is 16.0 Å². The number of sulfonamides is 1. The fourth-order valence-electron chi connectivity index (χ4n) is 2.76. The van der Waals surface area contributed by atoms with Crippen molar-refractivity contribution in [2.75, 3.05) is 46.4 Å². The molecule has 0 bridgehead atoms. The number of hydrogen-bond donors (Lipinski definition) is 2. The van der Waals surface area contributed by atoms with Gasteiger partial charge in [-0.2, -0.15) is 0 Å². The van der Waals surface area contributed by atoms with Crippen molar-refractivity contribution in [1.29, 1.82) is 0 Å². The molecule has 24 heavy (non-hydrogen) atoms. The Morgan fingerprint density at radius 1 is 1.33 bits per heavy atom. The van der Waals surface area contributed by atoms with E-state index in [0.29, 0.717) is 12.1 Å². The lowest BCUT2D eigenvalue weighted by molar-refractivity contribution is 0.0599. The van der Waals surface area contributed by atoms with Gasteiger partial charge in [0, 0.05) is 32.7 Å². The number of benzene rings is 1. The van der Waals surface area contributed by atoms with Crippen molar-refractivity contribution in [3.8, 4) is 0 Å². The van der Waals surface area contributed by atoms with Crippen LogP contribution >= 0.6 is 0 Å². The molecular weight excluding hydrogens is 330 g/mol. The second-order valence-electron chi connectivity index (χ2n) is 5.76. The molecule has 1 aromatic rings. The molecule has 0 spiro atoms. The summed E-state index contributed by atoms with van der Waals surface area (Å²) < 4.78 is 32.3. The van der Waals surface area contributed by atoms with E-state index in [2.05, 4.69) is 19.7 Å². The van der Waals surface area contributed by atoms with Gasteiger partial charge in [-0.25, -0.2) is 17.9 Å². The van der Waals surface area contributed by atoms with E-state index in [-0.39, 0.29) is 10.5 Å². The van der Waals surface area contributed by atoms with E-state index >= 15 is 0 Å². The van der Waals surface area contributed by atoms with Crippen LogP contribution in [0, 0.1) is 6.92 Å². The van der Waals surface area contributed by atoms with Gasteiger partial charge in [0.2, 0.25) is 10.0 Å². The molecule has 0 radical (unpaired) electrons. The topological polar surface area (TPSA) is 87.7 Å². The van der Waals surface area contributed by atoms with Gasteiger partial charge in [-0.15, -0.1) is 0 Å². The van der Waals surface area contributed by atoms with Gasteiger partial charge in [0.1, 0.15) is 0 Å². The van der Waals surface area contributed by atoms with Gasteiger partial charge < -0.3 is 15.0 Å². The fourth-order valence-corrected chi connectivity index (χ4v) is 4.10. The van der Waals surface area contributed by atoms with Crippen LogP contribution in [0.1, 0.15) is 22.3 Å². The molecule has 2 rings (SSSR count). The summed E-state index contributed by atoms with van der Waals surface area (Å²) in [7, 11) is -2.37. The molecule has 1 heterocycles. The summed E-state index contributed by atoms with van der Waals surface area (Å²) in [5.41, 5.74) is 0.667. The van der Waals surface area contributed by atoms with Crippen molar-refractivity contribution in [3.63, 3.8) is 0 Å². The summed E-state index contributed by atoms with van der Waals surface area (Å²) in [5.74, 6) is -0.539. The summed E-state index contributed by atoms with van der Waals surface area (Å²) in [5, 5.41) is 3.29. The zero-order valence-electron chi connectivity index (χ0n) is 14.2. The van der Waals surface area contributed by atoms with E-state index in [1.54, 1.807) is 19.1 Å². The zero-order valence-corrected chi connectivity index (χ0v) is 15.0. The van der Waals surface area contributed by atoms with Crippen molar-refractivity contribution in [3.05, 3.63) is 29.3 Å². The van der Waals surface area contributed by atoms with Crippen LogP contribution in [0.3, 0.4) is 0 Å². The summed E-state index contributed by atoms with van der Waals surface area (Å²) in [4.78, 5) is 14.1. The van der Waals surface area contributed by atoms with E-state index in [4.69, 9.17) is 0 Å². The van der Waals surface area contributed by atoms with Gasteiger partial charge in [0.25, 0.3) is 0 Å². The van der Waals surface area contributed by atoms with E-state index in [1.165, 1.54) is 13.2 Å². The highest BCUT2D eigenvalue weighted by atomic mass is 32.2. The Hall–Kier alpha value is -1.48. The van der Waals surface area contributed by atoms with Gasteiger partial charge in [0.15, 0.2) is 0 Å². The van der Waals surface area contributed by atoms with Crippen LogP contribution in [0.25, 0.3) is 0 Å². The van der Waals surface area contributed by atoms with Gasteiger partial charge in [-0.05, 0) is 37.6 Å². The second-order valence-corrected chi connectivity index (χ2v) is 7.50. The Morgan fingerprint density at radius 3 is 2.71 bits per heavy atom. The minimum absolute atomic E-state index is 0.118. The number of carbonyl (C=O) groups excluding carboxylic acids is 1. The quantitative estimate of drug-likeness (QED) is 0.542. The number of hydrogen-bond acceptors (Lipinski definition) is 6. The number of esters is 1. The molecule has 1 aromatic carbocycles. The Bertz CT molecular complexity index is 670. The van der Waals surface area contributed by atoms with Crippen LogP contribution in [-0.4, -0.2) is 65.7 Å². The molecule has 1 aliphatic heterocycles. The Kier molecular flexibility index (Phi) is 6.73. The summed E-state index contributed by atoms with van der Waals surface area (Å²) >= 11 is 0. The van der Waals surface area contributed by atoms with Gasteiger partial charge in [0.05, 0.1) is 17.6 Å². The van der Waals surface area contributed by atoms with E-state index in [1.807, 2.05) is 0 Å². The molecule has 8 heteroatoms. The molecule has 0 atom stereocenters. The first kappa shape index (κ1) is 18.9. The van der Waals surface area contributed by atoms with Gasteiger partial charge in [-0.1, -0.05) is 6.07 Å². The zero-order chi connectivity index (χ0) is 17.6. The first-order chi connectivity index (χ1) is 11.5. The molecule has 1 aliphatic rings. The maximum Gasteiger partial charge on any atom is 0.338 e. The number of ether oxygens (including phenoxy) is 1. The monoisotopic (exact) mass is 355 g/mol. The average Bonchev–Trinajstić information content (AvgIpc) is 2.59. The SMILES string of the molecule is COC(=O)c1cccc(S(=O)(=O)NCCCN2CCNCC2)c1C. The number of nitrogens with zero attached hydrogens (tertiary/aromatic N) is 1. The molecule has 7 nitrogen and oxygen atoms in total. The van der Waals surface area contributed by atoms with Crippen LogP contribution in [0.5, 0.6) is 0 Å². The van der Waals surface area contributed by atoms with Crippen molar-refractivity contribution in [2.24, 2.45) is 0 Å². The Labute approximate surface area is 143 Å². The van der Waals surface area contributed by atoms with Crippen LogP contribution in [0.4, 0.5) is 0 Å². The molecule has 0 saturated carbocycles. The lowest BCUT2D eigenvalue weighted by Crippen LogP contribution is -2.44. The van der Waals surface area contributed by atoms with Gasteiger partial charge >= 0.3 is 5.97 Å².